The second kappa shape index (κ2) is 7.89. The maximum atomic E-state index is 12.4. The van der Waals surface area contributed by atoms with Crippen molar-refractivity contribution in [3.8, 4) is 0 Å². The van der Waals surface area contributed by atoms with Gasteiger partial charge in [0.15, 0.2) is 0 Å². The fraction of sp³-hybridized carbons (Fsp3) is 0.0526. The number of para-hydroxylation sites is 1. The lowest BCUT2D eigenvalue weighted by Crippen LogP contribution is -2.14. The number of anilines is 4. The van der Waals surface area contributed by atoms with E-state index >= 15 is 0 Å². The number of rotatable bonds is 5. The van der Waals surface area contributed by atoms with Gasteiger partial charge in [-0.2, -0.15) is 0 Å². The molecule has 0 unspecified atom stereocenters. The fourth-order valence-electron chi connectivity index (χ4n) is 2.29. The molecule has 7 nitrogen and oxygen atoms in total. The van der Waals surface area contributed by atoms with Crippen LogP contribution in [-0.2, 0) is 4.79 Å². The summed E-state index contributed by atoms with van der Waals surface area (Å²) in [5, 5.41) is 8.54. The van der Waals surface area contributed by atoms with Crippen LogP contribution in [0.4, 0.5) is 22.9 Å². The van der Waals surface area contributed by atoms with Crippen molar-refractivity contribution in [1.29, 1.82) is 0 Å². The van der Waals surface area contributed by atoms with Gasteiger partial charge in [0, 0.05) is 30.1 Å². The molecule has 0 atom stereocenters. The van der Waals surface area contributed by atoms with Gasteiger partial charge < -0.3 is 16.0 Å². The summed E-state index contributed by atoms with van der Waals surface area (Å²) in [6.45, 7) is 1.42. The van der Waals surface area contributed by atoms with Gasteiger partial charge in [0.05, 0.1) is 0 Å². The lowest BCUT2D eigenvalue weighted by Gasteiger charge is -2.09. The number of nitrogens with one attached hydrogen (secondary N) is 3. The molecule has 0 aliphatic rings. The molecule has 7 heteroatoms. The van der Waals surface area contributed by atoms with E-state index in [0.717, 1.165) is 5.69 Å². The number of amides is 2. The van der Waals surface area contributed by atoms with Gasteiger partial charge in [0.25, 0.3) is 5.91 Å². The highest BCUT2D eigenvalue weighted by Crippen LogP contribution is 2.17. The summed E-state index contributed by atoms with van der Waals surface area (Å²) in [7, 11) is 0. The average molecular weight is 347 g/mol. The normalized spacial score (nSPS) is 10.0. The van der Waals surface area contributed by atoms with Crippen molar-refractivity contribution in [2.75, 3.05) is 16.0 Å². The highest BCUT2D eigenvalue weighted by Gasteiger charge is 2.10. The minimum atomic E-state index is -0.372. The first kappa shape index (κ1) is 17.1. The Kier molecular flexibility index (Phi) is 5.19. The van der Waals surface area contributed by atoms with Crippen LogP contribution in [-0.4, -0.2) is 21.8 Å². The monoisotopic (exact) mass is 347 g/mol. The highest BCUT2D eigenvalue weighted by molar-refractivity contribution is 6.03. The number of benzene rings is 2. The van der Waals surface area contributed by atoms with Gasteiger partial charge in [0.2, 0.25) is 5.91 Å². The van der Waals surface area contributed by atoms with Crippen LogP contribution in [0.5, 0.6) is 0 Å². The van der Waals surface area contributed by atoms with Crippen LogP contribution >= 0.6 is 0 Å². The van der Waals surface area contributed by atoms with Crippen molar-refractivity contribution < 1.29 is 9.59 Å². The minimum Gasteiger partial charge on any atom is -0.340 e. The molecule has 0 fully saturated rings. The van der Waals surface area contributed by atoms with Crippen molar-refractivity contribution in [3.63, 3.8) is 0 Å². The predicted octanol–water partition coefficient (Wildman–Crippen LogP) is 3.43. The van der Waals surface area contributed by atoms with Crippen LogP contribution in [0.15, 0.2) is 67.0 Å². The van der Waals surface area contributed by atoms with Crippen molar-refractivity contribution in [2.24, 2.45) is 0 Å². The Bertz CT molecular complexity index is 928. The number of nitrogens with zero attached hydrogens (tertiary/aromatic N) is 2. The average Bonchev–Trinajstić information content (AvgIpc) is 2.62. The van der Waals surface area contributed by atoms with Crippen LogP contribution in [0, 0.1) is 0 Å². The Morgan fingerprint density at radius 3 is 2.23 bits per heavy atom. The van der Waals surface area contributed by atoms with Gasteiger partial charge in [-0.1, -0.05) is 24.3 Å². The van der Waals surface area contributed by atoms with Crippen LogP contribution in [0.2, 0.25) is 0 Å². The first-order valence-electron chi connectivity index (χ1n) is 7.93. The van der Waals surface area contributed by atoms with Crippen molar-refractivity contribution >= 4 is 34.7 Å². The lowest BCUT2D eigenvalue weighted by atomic mass is 10.2. The van der Waals surface area contributed by atoms with Gasteiger partial charge >= 0.3 is 0 Å². The minimum absolute atomic E-state index is 0.180. The van der Waals surface area contributed by atoms with E-state index in [-0.39, 0.29) is 17.5 Å². The third-order valence-electron chi connectivity index (χ3n) is 3.39. The summed E-state index contributed by atoms with van der Waals surface area (Å²) in [6, 6.07) is 18.0. The molecule has 0 spiro atoms. The number of carbonyl (C=O) groups excluding carboxylic acids is 2. The van der Waals surface area contributed by atoms with E-state index < -0.39 is 0 Å². The summed E-state index contributed by atoms with van der Waals surface area (Å²) >= 11 is 0. The molecule has 0 radical (unpaired) electrons. The molecule has 0 aliphatic heterocycles. The number of hydrogen-bond acceptors (Lipinski definition) is 5. The van der Waals surface area contributed by atoms with E-state index in [4.69, 9.17) is 0 Å². The van der Waals surface area contributed by atoms with E-state index in [9.17, 15) is 9.59 Å². The SMILES string of the molecule is CC(=O)Nc1cccc(NC(=O)c2cc(Nc3ccccc3)ncn2)c1. The fourth-order valence-corrected chi connectivity index (χ4v) is 2.29. The summed E-state index contributed by atoms with van der Waals surface area (Å²) in [5.41, 5.74) is 2.24. The number of hydrogen-bond donors (Lipinski definition) is 3. The topological polar surface area (TPSA) is 96.0 Å². The summed E-state index contributed by atoms with van der Waals surface area (Å²) < 4.78 is 0. The van der Waals surface area contributed by atoms with Crippen molar-refractivity contribution in [1.82, 2.24) is 9.97 Å². The molecule has 0 aliphatic carbocycles. The largest absolute Gasteiger partial charge is 0.340 e. The summed E-state index contributed by atoms with van der Waals surface area (Å²) in [4.78, 5) is 31.7. The zero-order valence-corrected chi connectivity index (χ0v) is 14.1. The zero-order valence-electron chi connectivity index (χ0n) is 14.1. The maximum absolute atomic E-state index is 12.4. The van der Waals surface area contributed by atoms with E-state index in [0.29, 0.717) is 17.2 Å². The molecule has 2 amide bonds. The molecule has 1 heterocycles. The first-order chi connectivity index (χ1) is 12.6. The van der Waals surface area contributed by atoms with Crippen LogP contribution < -0.4 is 16.0 Å². The molecule has 0 bridgehead atoms. The molecule has 3 N–H and O–H groups in total. The van der Waals surface area contributed by atoms with Crippen LogP contribution in [0.1, 0.15) is 17.4 Å². The molecule has 3 aromatic rings. The predicted molar refractivity (Wildman–Crippen MR) is 100 cm³/mol. The van der Waals surface area contributed by atoms with E-state index in [1.807, 2.05) is 30.3 Å². The van der Waals surface area contributed by atoms with Gasteiger partial charge in [0.1, 0.15) is 17.8 Å². The first-order valence-corrected chi connectivity index (χ1v) is 7.93. The lowest BCUT2D eigenvalue weighted by molar-refractivity contribution is -0.114. The molecular weight excluding hydrogens is 330 g/mol. The van der Waals surface area contributed by atoms with Crippen molar-refractivity contribution in [3.05, 3.63) is 72.7 Å². The molecule has 0 saturated carbocycles. The molecule has 2 aromatic carbocycles. The Balaban J connectivity index is 1.72. The Hall–Kier alpha value is -3.74. The Labute approximate surface area is 150 Å². The number of carbonyl (C=O) groups is 2. The van der Waals surface area contributed by atoms with Gasteiger partial charge in [-0.05, 0) is 30.3 Å². The maximum Gasteiger partial charge on any atom is 0.274 e. The van der Waals surface area contributed by atoms with E-state index in [2.05, 4.69) is 25.9 Å². The third-order valence-corrected chi connectivity index (χ3v) is 3.39. The molecule has 0 saturated heterocycles. The molecule has 1 aromatic heterocycles. The van der Waals surface area contributed by atoms with Crippen LogP contribution in [0.3, 0.4) is 0 Å². The summed E-state index contributed by atoms with van der Waals surface area (Å²) in [6.07, 6.45) is 1.33. The third kappa shape index (κ3) is 4.64. The van der Waals surface area contributed by atoms with Gasteiger partial charge in [-0.25, -0.2) is 9.97 Å². The standard InChI is InChI=1S/C19H17N5O2/c1-13(25)22-15-8-5-9-16(10-15)24-19(26)17-11-18(21-12-20-17)23-14-6-3-2-4-7-14/h2-12H,1H3,(H,22,25)(H,24,26)(H,20,21,23). The van der Waals surface area contributed by atoms with Gasteiger partial charge in [-0.15, -0.1) is 0 Å². The molecule has 130 valence electrons. The van der Waals surface area contributed by atoms with Crippen molar-refractivity contribution in [2.45, 2.75) is 6.92 Å². The molecule has 26 heavy (non-hydrogen) atoms. The zero-order chi connectivity index (χ0) is 18.4. The number of aromatic nitrogens is 2. The molecule has 3 rings (SSSR count). The smallest absolute Gasteiger partial charge is 0.274 e. The second-order valence-corrected chi connectivity index (χ2v) is 5.50. The van der Waals surface area contributed by atoms with E-state index in [1.54, 1.807) is 30.3 Å². The van der Waals surface area contributed by atoms with E-state index in [1.165, 1.54) is 13.3 Å². The quantitative estimate of drug-likeness (QED) is 0.657. The summed E-state index contributed by atoms with van der Waals surface area (Å²) in [5.74, 6) is -0.0345. The molecular formula is C19H17N5O2. The Morgan fingerprint density at radius 1 is 0.808 bits per heavy atom. The van der Waals surface area contributed by atoms with Gasteiger partial charge in [-0.3, -0.25) is 9.59 Å². The second-order valence-electron chi connectivity index (χ2n) is 5.50. The Morgan fingerprint density at radius 2 is 1.50 bits per heavy atom. The van der Waals surface area contributed by atoms with Crippen LogP contribution in [0.25, 0.3) is 0 Å². The highest BCUT2D eigenvalue weighted by atomic mass is 16.2.